The van der Waals surface area contributed by atoms with Crippen molar-refractivity contribution in [1.29, 1.82) is 0 Å². The molecular formula is C28H28N6O8. The summed E-state index contributed by atoms with van der Waals surface area (Å²) in [5, 5.41) is 25.9. The second kappa shape index (κ2) is 13.2. The van der Waals surface area contributed by atoms with Gasteiger partial charge in [0.25, 0.3) is 17.5 Å². The van der Waals surface area contributed by atoms with Crippen molar-refractivity contribution >= 4 is 40.9 Å². The van der Waals surface area contributed by atoms with Crippen LogP contribution in [0.25, 0.3) is 0 Å². The predicted octanol–water partition coefficient (Wildman–Crippen LogP) is 3.08. The summed E-state index contributed by atoms with van der Waals surface area (Å²) in [5.41, 5.74) is 1.54. The smallest absolute Gasteiger partial charge is 0.409 e. The van der Waals surface area contributed by atoms with Gasteiger partial charge in [0.05, 0.1) is 35.9 Å². The molecule has 2 aromatic carbocycles. The molecule has 1 aliphatic rings. The number of piperazine rings is 1. The molecule has 1 unspecified atom stereocenters. The number of amides is 3. The van der Waals surface area contributed by atoms with Gasteiger partial charge in [0.15, 0.2) is 0 Å². The fourth-order valence-electron chi connectivity index (χ4n) is 4.49. The molecule has 1 aliphatic heterocycles. The van der Waals surface area contributed by atoms with Gasteiger partial charge in [0.2, 0.25) is 0 Å². The number of methoxy groups -OCH3 is 1. The quantitative estimate of drug-likeness (QED) is 0.253. The molecule has 14 heteroatoms. The van der Waals surface area contributed by atoms with Gasteiger partial charge in [-0.3, -0.25) is 29.5 Å². The highest BCUT2D eigenvalue weighted by Crippen LogP contribution is 2.30. The monoisotopic (exact) mass is 576 g/mol. The first-order valence-corrected chi connectivity index (χ1v) is 12.9. The Labute approximate surface area is 240 Å². The number of non-ortho nitro benzene ring substituents is 1. The molecule has 3 N–H and O–H groups in total. The number of carbonyl (C=O) groups excluding carboxylic acids is 3. The van der Waals surface area contributed by atoms with Crippen molar-refractivity contribution in [2.75, 3.05) is 43.5 Å². The number of pyridine rings is 1. The SMILES string of the molecule is COC(=O)N1CCN(c2ccc(C(=O)NC(CC(=O)O)c3cccnc3)cc2NC(=O)c2ccc([N+](=O)[O-])cc2)CC1. The van der Waals surface area contributed by atoms with Crippen LogP contribution in [-0.2, 0) is 9.53 Å². The first-order chi connectivity index (χ1) is 20.2. The average Bonchev–Trinajstić information content (AvgIpc) is 3.00. The second-order valence-electron chi connectivity index (χ2n) is 9.34. The summed E-state index contributed by atoms with van der Waals surface area (Å²) in [6, 6.07) is 12.2. The molecule has 4 rings (SSSR count). The van der Waals surface area contributed by atoms with E-state index in [2.05, 4.69) is 15.6 Å². The number of benzene rings is 2. The highest BCUT2D eigenvalue weighted by Gasteiger charge is 2.25. The summed E-state index contributed by atoms with van der Waals surface area (Å²) in [6.45, 7) is 1.57. The van der Waals surface area contributed by atoms with Crippen molar-refractivity contribution in [1.82, 2.24) is 15.2 Å². The standard InChI is InChI=1S/C28H28N6O8/c1-42-28(39)33-13-11-32(12-14-33)24-9-6-19(27(38)30-22(16-25(35)36)20-3-2-10-29-17-20)15-23(24)31-26(37)18-4-7-21(8-5-18)34(40)41/h2-10,15,17,22H,11-14,16H2,1H3,(H,30,38)(H,31,37)(H,35,36). The molecule has 0 saturated carbocycles. The van der Waals surface area contributed by atoms with Crippen molar-refractivity contribution in [2.24, 2.45) is 0 Å². The van der Waals surface area contributed by atoms with Crippen LogP contribution in [0.1, 0.15) is 38.7 Å². The Hall–Kier alpha value is -5.53. The van der Waals surface area contributed by atoms with Crippen LogP contribution >= 0.6 is 0 Å². The summed E-state index contributed by atoms with van der Waals surface area (Å²) in [4.78, 5) is 67.7. The van der Waals surface area contributed by atoms with E-state index in [1.807, 2.05) is 4.90 Å². The zero-order valence-corrected chi connectivity index (χ0v) is 22.6. The number of ether oxygens (including phenoxy) is 1. The third-order valence-corrected chi connectivity index (χ3v) is 6.67. The van der Waals surface area contributed by atoms with E-state index in [9.17, 15) is 34.4 Å². The number of anilines is 2. The van der Waals surface area contributed by atoms with Crippen LogP contribution in [0.5, 0.6) is 0 Å². The molecule has 1 fully saturated rings. The van der Waals surface area contributed by atoms with E-state index in [1.165, 1.54) is 49.8 Å². The van der Waals surface area contributed by atoms with Gasteiger partial charge < -0.3 is 30.3 Å². The number of nitrogens with one attached hydrogen (secondary N) is 2. The van der Waals surface area contributed by atoms with Gasteiger partial charge in [-0.25, -0.2) is 4.79 Å². The second-order valence-corrected chi connectivity index (χ2v) is 9.34. The first kappa shape index (κ1) is 29.5. The maximum Gasteiger partial charge on any atom is 0.409 e. The van der Waals surface area contributed by atoms with Crippen molar-refractivity contribution in [3.63, 3.8) is 0 Å². The fourth-order valence-corrected chi connectivity index (χ4v) is 4.49. The Bertz CT molecular complexity index is 1470. The van der Waals surface area contributed by atoms with Crippen LogP contribution in [-0.4, -0.2) is 77.1 Å². The van der Waals surface area contributed by atoms with E-state index in [1.54, 1.807) is 29.2 Å². The molecule has 0 radical (unpaired) electrons. The van der Waals surface area contributed by atoms with Crippen molar-refractivity contribution in [3.8, 4) is 0 Å². The highest BCUT2D eigenvalue weighted by atomic mass is 16.6. The number of nitro groups is 1. The van der Waals surface area contributed by atoms with E-state index in [-0.39, 0.29) is 28.9 Å². The normalized spacial score (nSPS) is 13.5. The lowest BCUT2D eigenvalue weighted by Gasteiger charge is -2.36. The maximum absolute atomic E-state index is 13.3. The van der Waals surface area contributed by atoms with Gasteiger partial charge in [-0.2, -0.15) is 0 Å². The average molecular weight is 577 g/mol. The molecule has 1 atom stereocenters. The summed E-state index contributed by atoms with van der Waals surface area (Å²) in [6.07, 6.45) is 2.19. The number of carboxylic acids is 1. The van der Waals surface area contributed by atoms with Gasteiger partial charge in [0.1, 0.15) is 0 Å². The first-order valence-electron chi connectivity index (χ1n) is 12.9. The van der Waals surface area contributed by atoms with Gasteiger partial charge in [0, 0.05) is 61.8 Å². The van der Waals surface area contributed by atoms with Crippen LogP contribution in [0.4, 0.5) is 21.9 Å². The van der Waals surface area contributed by atoms with Crippen LogP contribution < -0.4 is 15.5 Å². The van der Waals surface area contributed by atoms with Crippen LogP contribution in [0, 0.1) is 10.1 Å². The summed E-state index contributed by atoms with van der Waals surface area (Å²) >= 11 is 0. The van der Waals surface area contributed by atoms with E-state index in [0.717, 1.165) is 0 Å². The molecule has 3 amide bonds. The highest BCUT2D eigenvalue weighted by molar-refractivity contribution is 6.07. The number of carbonyl (C=O) groups is 4. The molecular weight excluding hydrogens is 548 g/mol. The molecule has 1 saturated heterocycles. The number of hydrogen-bond donors (Lipinski definition) is 3. The number of nitrogens with zero attached hydrogens (tertiary/aromatic N) is 4. The zero-order valence-electron chi connectivity index (χ0n) is 22.6. The Morgan fingerprint density at radius 3 is 2.31 bits per heavy atom. The van der Waals surface area contributed by atoms with E-state index >= 15 is 0 Å². The molecule has 0 aliphatic carbocycles. The Morgan fingerprint density at radius 1 is 1.02 bits per heavy atom. The topological polar surface area (TPSA) is 184 Å². The van der Waals surface area contributed by atoms with E-state index in [4.69, 9.17) is 4.74 Å². The molecule has 42 heavy (non-hydrogen) atoms. The van der Waals surface area contributed by atoms with E-state index < -0.39 is 34.8 Å². The predicted molar refractivity (Wildman–Crippen MR) is 150 cm³/mol. The number of carboxylic acid groups (broad SMARTS) is 1. The van der Waals surface area contributed by atoms with Crippen molar-refractivity contribution in [3.05, 3.63) is 93.8 Å². The minimum absolute atomic E-state index is 0.158. The Morgan fingerprint density at radius 2 is 1.71 bits per heavy atom. The van der Waals surface area contributed by atoms with Gasteiger partial charge in [-0.15, -0.1) is 0 Å². The molecule has 218 valence electrons. The summed E-state index contributed by atoms with van der Waals surface area (Å²) < 4.78 is 4.79. The van der Waals surface area contributed by atoms with E-state index in [0.29, 0.717) is 37.4 Å². The van der Waals surface area contributed by atoms with Crippen LogP contribution in [0.2, 0.25) is 0 Å². The minimum Gasteiger partial charge on any atom is -0.481 e. The molecule has 0 spiro atoms. The molecule has 1 aromatic heterocycles. The minimum atomic E-state index is -1.11. The number of rotatable bonds is 9. The number of hydrogen-bond acceptors (Lipinski definition) is 9. The lowest BCUT2D eigenvalue weighted by Crippen LogP contribution is -2.49. The Balaban J connectivity index is 1.62. The summed E-state index contributed by atoms with van der Waals surface area (Å²) in [5.74, 6) is -2.24. The van der Waals surface area contributed by atoms with Crippen LogP contribution in [0.15, 0.2) is 67.0 Å². The van der Waals surface area contributed by atoms with Gasteiger partial charge in [-0.1, -0.05) is 6.07 Å². The van der Waals surface area contributed by atoms with Gasteiger partial charge in [-0.05, 0) is 42.0 Å². The van der Waals surface area contributed by atoms with Crippen molar-refractivity contribution in [2.45, 2.75) is 12.5 Å². The summed E-state index contributed by atoms with van der Waals surface area (Å²) in [7, 11) is 1.31. The lowest BCUT2D eigenvalue weighted by molar-refractivity contribution is -0.384. The number of aromatic nitrogens is 1. The molecule has 14 nitrogen and oxygen atoms in total. The number of aliphatic carboxylic acids is 1. The Kier molecular flexibility index (Phi) is 9.27. The van der Waals surface area contributed by atoms with Crippen LogP contribution in [0.3, 0.4) is 0 Å². The largest absolute Gasteiger partial charge is 0.481 e. The maximum atomic E-state index is 13.3. The lowest BCUT2D eigenvalue weighted by atomic mass is 10.0. The third-order valence-electron chi connectivity index (χ3n) is 6.67. The zero-order chi connectivity index (χ0) is 30.2. The molecule has 0 bridgehead atoms. The van der Waals surface area contributed by atoms with Crippen molar-refractivity contribution < 1.29 is 33.9 Å². The third kappa shape index (κ3) is 7.15. The van der Waals surface area contributed by atoms with Gasteiger partial charge >= 0.3 is 12.1 Å². The molecule has 3 aromatic rings. The molecule has 2 heterocycles. The number of nitro benzene ring substituents is 1. The fraction of sp³-hybridized carbons (Fsp3) is 0.250.